The molecule has 2 aliphatic rings. The van der Waals surface area contributed by atoms with E-state index in [0.29, 0.717) is 18.1 Å². The maximum absolute atomic E-state index is 12.9. The highest BCUT2D eigenvalue weighted by molar-refractivity contribution is 6.30. The largest absolute Gasteiger partial charge is 0.492 e. The van der Waals surface area contributed by atoms with Gasteiger partial charge in [0.15, 0.2) is 5.82 Å². The maximum atomic E-state index is 12.9. The molecule has 3 heterocycles. The number of nitrogens with one attached hydrogen (secondary N) is 1. The average molecular weight is 423 g/mol. The van der Waals surface area contributed by atoms with Gasteiger partial charge >= 0.3 is 0 Å². The Labute approximate surface area is 180 Å². The lowest BCUT2D eigenvalue weighted by atomic mass is 9.96. The first-order valence-electron chi connectivity index (χ1n) is 10.4. The first-order valence-corrected chi connectivity index (χ1v) is 10.8. The van der Waals surface area contributed by atoms with Crippen molar-refractivity contribution in [3.05, 3.63) is 58.9 Å². The number of rotatable bonds is 3. The summed E-state index contributed by atoms with van der Waals surface area (Å²) in [6, 6.07) is 13.3. The predicted octanol–water partition coefficient (Wildman–Crippen LogP) is 4.51. The van der Waals surface area contributed by atoms with Crippen molar-refractivity contribution in [2.24, 2.45) is 5.92 Å². The molecule has 1 aromatic heterocycles. The molecular formula is C23H23ClN4O2. The van der Waals surface area contributed by atoms with Crippen LogP contribution in [0.5, 0.6) is 5.75 Å². The molecule has 0 aliphatic carbocycles. The molecule has 3 aromatic rings. The first kappa shape index (κ1) is 19.1. The molecule has 6 nitrogen and oxygen atoms in total. The summed E-state index contributed by atoms with van der Waals surface area (Å²) in [6.45, 7) is 1.30. The minimum Gasteiger partial charge on any atom is -0.492 e. The zero-order valence-electron chi connectivity index (χ0n) is 16.6. The molecule has 0 radical (unpaired) electrons. The Morgan fingerprint density at radius 1 is 1.13 bits per heavy atom. The SMILES string of the molecule is O=C(Nc1cccc(-c2nnc3n2CCCCC3)c1)C1COc2ccc(Cl)cc2C1. The third kappa shape index (κ3) is 3.79. The summed E-state index contributed by atoms with van der Waals surface area (Å²) in [5, 5.41) is 12.5. The van der Waals surface area contributed by atoms with Gasteiger partial charge in [-0.05, 0) is 55.2 Å². The lowest BCUT2D eigenvalue weighted by molar-refractivity contribution is -0.121. The van der Waals surface area contributed by atoms with E-state index in [9.17, 15) is 4.79 Å². The highest BCUT2D eigenvalue weighted by atomic mass is 35.5. The fraction of sp³-hybridized carbons (Fsp3) is 0.348. The molecule has 1 unspecified atom stereocenters. The van der Waals surface area contributed by atoms with Crippen LogP contribution < -0.4 is 10.1 Å². The predicted molar refractivity (Wildman–Crippen MR) is 116 cm³/mol. The Hall–Kier alpha value is -2.86. The molecule has 7 heteroatoms. The smallest absolute Gasteiger partial charge is 0.231 e. The van der Waals surface area contributed by atoms with Crippen LogP contribution in [-0.2, 0) is 24.2 Å². The maximum Gasteiger partial charge on any atom is 0.231 e. The van der Waals surface area contributed by atoms with E-state index in [-0.39, 0.29) is 11.8 Å². The summed E-state index contributed by atoms with van der Waals surface area (Å²) in [5.74, 6) is 2.40. The van der Waals surface area contributed by atoms with Gasteiger partial charge in [-0.3, -0.25) is 4.79 Å². The second kappa shape index (κ2) is 8.11. The summed E-state index contributed by atoms with van der Waals surface area (Å²) in [5.41, 5.74) is 2.68. The van der Waals surface area contributed by atoms with Crippen molar-refractivity contribution in [2.45, 2.75) is 38.6 Å². The summed E-state index contributed by atoms with van der Waals surface area (Å²) in [7, 11) is 0. The Kier molecular flexibility index (Phi) is 5.17. The fourth-order valence-corrected chi connectivity index (χ4v) is 4.41. The van der Waals surface area contributed by atoms with E-state index < -0.39 is 0 Å². The first-order chi connectivity index (χ1) is 14.7. The molecule has 0 spiro atoms. The van der Waals surface area contributed by atoms with Crippen molar-refractivity contribution < 1.29 is 9.53 Å². The van der Waals surface area contributed by atoms with E-state index in [2.05, 4.69) is 20.1 Å². The molecule has 5 rings (SSSR count). The lowest BCUT2D eigenvalue weighted by Gasteiger charge is -2.24. The topological polar surface area (TPSA) is 69.0 Å². The van der Waals surface area contributed by atoms with Crippen molar-refractivity contribution in [1.29, 1.82) is 0 Å². The second-order valence-electron chi connectivity index (χ2n) is 7.94. The van der Waals surface area contributed by atoms with Crippen LogP contribution in [0.3, 0.4) is 0 Å². The molecule has 0 fully saturated rings. The number of halogens is 1. The average Bonchev–Trinajstić information content (AvgIpc) is 3.01. The number of amides is 1. The number of carbonyl (C=O) groups excluding carboxylic acids is 1. The summed E-state index contributed by atoms with van der Waals surface area (Å²) in [4.78, 5) is 12.9. The molecular weight excluding hydrogens is 400 g/mol. The molecule has 1 amide bonds. The quantitative estimate of drug-likeness (QED) is 0.674. The number of ether oxygens (including phenoxy) is 1. The van der Waals surface area contributed by atoms with Crippen LogP contribution in [0.2, 0.25) is 5.02 Å². The van der Waals surface area contributed by atoms with Crippen LogP contribution in [0.25, 0.3) is 11.4 Å². The van der Waals surface area contributed by atoms with Gasteiger partial charge in [-0.2, -0.15) is 0 Å². The zero-order chi connectivity index (χ0) is 20.5. The van der Waals surface area contributed by atoms with Crippen LogP contribution in [0, 0.1) is 5.92 Å². The van der Waals surface area contributed by atoms with Gasteiger partial charge in [-0.1, -0.05) is 30.2 Å². The van der Waals surface area contributed by atoms with Crippen LogP contribution in [-0.4, -0.2) is 27.3 Å². The van der Waals surface area contributed by atoms with Crippen LogP contribution in [0.4, 0.5) is 5.69 Å². The van der Waals surface area contributed by atoms with Gasteiger partial charge in [0.2, 0.25) is 5.91 Å². The summed E-state index contributed by atoms with van der Waals surface area (Å²) < 4.78 is 7.98. The number of aromatic nitrogens is 3. The van der Waals surface area contributed by atoms with Gasteiger partial charge in [0.1, 0.15) is 18.2 Å². The van der Waals surface area contributed by atoms with E-state index in [4.69, 9.17) is 16.3 Å². The number of benzene rings is 2. The number of nitrogens with zero attached hydrogens (tertiary/aromatic N) is 3. The summed E-state index contributed by atoms with van der Waals surface area (Å²) in [6.07, 6.45) is 5.10. The molecule has 1 N–H and O–H groups in total. The number of hydrogen-bond donors (Lipinski definition) is 1. The van der Waals surface area contributed by atoms with E-state index in [1.54, 1.807) is 6.07 Å². The standard InChI is InChI=1S/C23H23ClN4O2/c24-18-8-9-20-16(12-18)11-17(14-30-20)23(29)25-19-6-4-5-15(13-19)22-27-26-21-7-2-1-3-10-28(21)22/h4-6,8-9,12-13,17H,1-3,7,10-11,14H2,(H,25,29). The molecule has 154 valence electrons. The summed E-state index contributed by atoms with van der Waals surface area (Å²) >= 11 is 6.09. The highest BCUT2D eigenvalue weighted by Gasteiger charge is 2.26. The Morgan fingerprint density at radius 2 is 2.07 bits per heavy atom. The van der Waals surface area contributed by atoms with Crippen molar-refractivity contribution in [1.82, 2.24) is 14.8 Å². The van der Waals surface area contributed by atoms with Gasteiger partial charge in [0.25, 0.3) is 0 Å². The van der Waals surface area contributed by atoms with E-state index in [1.807, 2.05) is 36.4 Å². The molecule has 2 aromatic carbocycles. The highest BCUT2D eigenvalue weighted by Crippen LogP contribution is 2.31. The molecule has 1 atom stereocenters. The lowest BCUT2D eigenvalue weighted by Crippen LogP contribution is -2.32. The van der Waals surface area contributed by atoms with Gasteiger partial charge < -0.3 is 14.6 Å². The van der Waals surface area contributed by atoms with Gasteiger partial charge in [0, 0.05) is 29.2 Å². The van der Waals surface area contributed by atoms with E-state index in [1.165, 1.54) is 6.42 Å². The molecule has 2 aliphatic heterocycles. The van der Waals surface area contributed by atoms with Crippen molar-refractivity contribution in [2.75, 3.05) is 11.9 Å². The number of hydrogen-bond acceptors (Lipinski definition) is 4. The fourth-order valence-electron chi connectivity index (χ4n) is 4.21. The van der Waals surface area contributed by atoms with Crippen LogP contribution >= 0.6 is 11.6 Å². The Balaban J connectivity index is 1.33. The number of fused-ring (bicyclic) bond motifs is 2. The Morgan fingerprint density at radius 3 is 3.00 bits per heavy atom. The second-order valence-corrected chi connectivity index (χ2v) is 8.37. The van der Waals surface area contributed by atoms with Crippen molar-refractivity contribution in [3.63, 3.8) is 0 Å². The Bertz CT molecular complexity index is 1090. The monoisotopic (exact) mass is 422 g/mol. The normalized spacial score (nSPS) is 18.0. The number of aryl methyl sites for hydroxylation is 1. The molecule has 0 bridgehead atoms. The van der Waals surface area contributed by atoms with Crippen molar-refractivity contribution in [3.8, 4) is 17.1 Å². The third-order valence-electron chi connectivity index (χ3n) is 5.80. The van der Waals surface area contributed by atoms with E-state index in [0.717, 1.165) is 60.0 Å². The zero-order valence-corrected chi connectivity index (χ0v) is 17.4. The van der Waals surface area contributed by atoms with Crippen molar-refractivity contribution >= 4 is 23.2 Å². The third-order valence-corrected chi connectivity index (χ3v) is 6.03. The minimum atomic E-state index is -0.260. The van der Waals surface area contributed by atoms with Gasteiger partial charge in [0.05, 0.1) is 5.92 Å². The number of carbonyl (C=O) groups is 1. The van der Waals surface area contributed by atoms with E-state index >= 15 is 0 Å². The minimum absolute atomic E-state index is 0.0575. The van der Waals surface area contributed by atoms with Gasteiger partial charge in [-0.25, -0.2) is 0 Å². The van der Waals surface area contributed by atoms with Crippen LogP contribution in [0.15, 0.2) is 42.5 Å². The van der Waals surface area contributed by atoms with Gasteiger partial charge in [-0.15, -0.1) is 10.2 Å². The molecule has 30 heavy (non-hydrogen) atoms. The number of anilines is 1. The van der Waals surface area contributed by atoms with Crippen LogP contribution in [0.1, 0.15) is 30.7 Å². The molecule has 0 saturated heterocycles. The molecule has 0 saturated carbocycles.